The van der Waals surface area contributed by atoms with Crippen LogP contribution < -0.4 is 10.6 Å². The van der Waals surface area contributed by atoms with E-state index in [0.29, 0.717) is 0 Å². The summed E-state index contributed by atoms with van der Waals surface area (Å²) in [5.74, 6) is -1.57. The number of rotatable bonds is 5. The van der Waals surface area contributed by atoms with Gasteiger partial charge in [-0.05, 0) is 30.3 Å². The van der Waals surface area contributed by atoms with Crippen LogP contribution >= 0.6 is 11.6 Å². The summed E-state index contributed by atoms with van der Waals surface area (Å²) in [6, 6.07) is 10.6. The minimum Gasteiger partial charge on any atom is -0.465 e. The third-order valence-electron chi connectivity index (χ3n) is 3.60. The fourth-order valence-electron chi connectivity index (χ4n) is 2.21. The molecule has 0 fully saturated rings. The van der Waals surface area contributed by atoms with Crippen LogP contribution in [0.25, 0.3) is 0 Å². The van der Waals surface area contributed by atoms with Gasteiger partial charge in [0.05, 0.1) is 28.9 Å². The molecule has 29 heavy (non-hydrogen) atoms. The van der Waals surface area contributed by atoms with Gasteiger partial charge in [0.2, 0.25) is 0 Å². The lowest BCUT2D eigenvalue weighted by molar-refractivity contribution is -0.137. The average molecular weight is 424 g/mol. The number of carbonyl (C=O) groups is 2. The van der Waals surface area contributed by atoms with E-state index < -0.39 is 34.2 Å². The Morgan fingerprint density at radius 1 is 1.21 bits per heavy atom. The summed E-state index contributed by atoms with van der Waals surface area (Å²) >= 11 is 5.55. The number of alkyl halides is 3. The predicted molar refractivity (Wildman–Crippen MR) is 100 cm³/mol. The Labute approximate surface area is 168 Å². The van der Waals surface area contributed by atoms with Crippen LogP contribution in [0.4, 0.5) is 24.5 Å². The normalized spacial score (nSPS) is 11.4. The summed E-state index contributed by atoms with van der Waals surface area (Å²) in [7, 11) is 1.17. The van der Waals surface area contributed by atoms with Crippen molar-refractivity contribution in [1.29, 1.82) is 5.26 Å². The molecule has 2 aromatic rings. The number of hydrogen-bond donors (Lipinski definition) is 2. The maximum atomic E-state index is 12.9. The first-order chi connectivity index (χ1) is 13.7. The van der Waals surface area contributed by atoms with Crippen LogP contribution in [0, 0.1) is 11.3 Å². The Bertz CT molecular complexity index is 1010. The monoisotopic (exact) mass is 423 g/mol. The van der Waals surface area contributed by atoms with Gasteiger partial charge in [-0.3, -0.25) is 4.79 Å². The Hall–Kier alpha value is -3.51. The molecule has 0 heterocycles. The summed E-state index contributed by atoms with van der Waals surface area (Å²) in [5, 5.41) is 13.6. The molecule has 0 radical (unpaired) electrons. The van der Waals surface area contributed by atoms with Crippen molar-refractivity contribution >= 4 is 34.9 Å². The van der Waals surface area contributed by atoms with Crippen LogP contribution in [-0.4, -0.2) is 19.0 Å². The van der Waals surface area contributed by atoms with Gasteiger partial charge in [0, 0.05) is 11.9 Å². The first-order valence-corrected chi connectivity index (χ1v) is 8.27. The molecular formula is C19H13ClF3N3O3. The lowest BCUT2D eigenvalue weighted by Gasteiger charge is -2.11. The third-order valence-corrected chi connectivity index (χ3v) is 3.93. The maximum absolute atomic E-state index is 12.9. The highest BCUT2D eigenvalue weighted by Gasteiger charge is 2.33. The van der Waals surface area contributed by atoms with E-state index in [9.17, 15) is 28.0 Å². The average Bonchev–Trinajstić information content (AvgIpc) is 2.68. The highest BCUT2D eigenvalue weighted by atomic mass is 35.5. The van der Waals surface area contributed by atoms with Gasteiger partial charge in [0.1, 0.15) is 11.6 Å². The second kappa shape index (κ2) is 9.12. The molecular weight excluding hydrogens is 411 g/mol. The van der Waals surface area contributed by atoms with Gasteiger partial charge in [0.15, 0.2) is 0 Å². The van der Waals surface area contributed by atoms with Gasteiger partial charge < -0.3 is 15.4 Å². The molecule has 0 spiro atoms. The van der Waals surface area contributed by atoms with Crippen molar-refractivity contribution in [2.24, 2.45) is 0 Å². The Morgan fingerprint density at radius 2 is 1.90 bits per heavy atom. The summed E-state index contributed by atoms with van der Waals surface area (Å²) in [6.07, 6.45) is -3.72. The number of nitrogens with one attached hydrogen (secondary N) is 2. The Kier molecular flexibility index (Phi) is 6.85. The number of carbonyl (C=O) groups excluding carboxylic acids is 2. The first kappa shape index (κ1) is 21.8. The number of amides is 1. The molecule has 0 aliphatic rings. The smallest absolute Gasteiger partial charge is 0.417 e. The maximum Gasteiger partial charge on any atom is 0.417 e. The molecule has 0 aliphatic carbocycles. The van der Waals surface area contributed by atoms with Crippen LogP contribution in [-0.2, 0) is 15.7 Å². The van der Waals surface area contributed by atoms with Crippen molar-refractivity contribution in [3.8, 4) is 6.07 Å². The SMILES string of the molecule is COC(=O)c1ccccc1NC(=O)/C(C#N)=C\Nc1ccc(Cl)c(C(F)(F)F)c1. The molecule has 1 amide bonds. The van der Waals surface area contributed by atoms with Crippen molar-refractivity contribution in [2.75, 3.05) is 17.7 Å². The number of nitrogens with zero attached hydrogens (tertiary/aromatic N) is 1. The van der Waals surface area contributed by atoms with E-state index in [0.717, 1.165) is 18.3 Å². The molecule has 0 saturated carbocycles. The second-order valence-electron chi connectivity index (χ2n) is 5.50. The summed E-state index contributed by atoms with van der Waals surface area (Å²) < 4.78 is 43.4. The second-order valence-corrected chi connectivity index (χ2v) is 5.91. The molecule has 0 aromatic heterocycles. The Balaban J connectivity index is 2.23. The summed E-state index contributed by atoms with van der Waals surface area (Å²) in [6.45, 7) is 0. The number of ether oxygens (including phenoxy) is 1. The largest absolute Gasteiger partial charge is 0.465 e. The van der Waals surface area contributed by atoms with Crippen LogP contribution in [0.2, 0.25) is 5.02 Å². The highest BCUT2D eigenvalue weighted by molar-refractivity contribution is 6.31. The van der Waals surface area contributed by atoms with E-state index in [4.69, 9.17) is 11.6 Å². The topological polar surface area (TPSA) is 91.2 Å². The van der Waals surface area contributed by atoms with Gasteiger partial charge in [-0.25, -0.2) is 4.79 Å². The number of esters is 1. The zero-order valence-electron chi connectivity index (χ0n) is 14.8. The number of halogens is 4. The van der Waals surface area contributed by atoms with Gasteiger partial charge in [-0.1, -0.05) is 23.7 Å². The molecule has 0 bridgehead atoms. The predicted octanol–water partition coefficient (Wildman–Crippen LogP) is 4.60. The summed E-state index contributed by atoms with van der Waals surface area (Å²) in [4.78, 5) is 24.1. The standard InChI is InChI=1S/C19H13ClF3N3O3/c1-29-18(28)13-4-2-3-5-16(13)26-17(27)11(9-24)10-25-12-6-7-15(20)14(8-12)19(21,22)23/h2-8,10,25H,1H3,(H,26,27)/b11-10-. The quantitative estimate of drug-likeness (QED) is 0.416. The van der Waals surface area contributed by atoms with Crippen LogP contribution in [0.1, 0.15) is 15.9 Å². The van der Waals surface area contributed by atoms with Crippen molar-refractivity contribution in [3.05, 3.63) is 70.4 Å². The van der Waals surface area contributed by atoms with E-state index >= 15 is 0 Å². The molecule has 0 aliphatic heterocycles. The molecule has 150 valence electrons. The van der Waals surface area contributed by atoms with Crippen molar-refractivity contribution in [1.82, 2.24) is 0 Å². The highest BCUT2D eigenvalue weighted by Crippen LogP contribution is 2.36. The van der Waals surface area contributed by atoms with Crippen molar-refractivity contribution in [2.45, 2.75) is 6.18 Å². The first-order valence-electron chi connectivity index (χ1n) is 7.89. The van der Waals surface area contributed by atoms with Crippen LogP contribution in [0.15, 0.2) is 54.2 Å². The van der Waals surface area contributed by atoms with E-state index in [1.165, 1.54) is 25.3 Å². The number of anilines is 2. The van der Waals surface area contributed by atoms with E-state index in [2.05, 4.69) is 15.4 Å². The summed E-state index contributed by atoms with van der Waals surface area (Å²) in [5.41, 5.74) is -1.35. The molecule has 0 unspecified atom stereocenters. The number of methoxy groups -OCH3 is 1. The fourth-order valence-corrected chi connectivity index (χ4v) is 2.43. The van der Waals surface area contributed by atoms with Gasteiger partial charge in [-0.15, -0.1) is 0 Å². The molecule has 2 rings (SSSR count). The van der Waals surface area contributed by atoms with Crippen molar-refractivity contribution < 1.29 is 27.5 Å². The lowest BCUT2D eigenvalue weighted by Crippen LogP contribution is -2.17. The van der Waals surface area contributed by atoms with E-state index in [-0.39, 0.29) is 16.9 Å². The minimum atomic E-state index is -4.66. The van der Waals surface area contributed by atoms with E-state index in [1.54, 1.807) is 18.2 Å². The third kappa shape index (κ3) is 5.49. The zero-order valence-corrected chi connectivity index (χ0v) is 15.6. The van der Waals surface area contributed by atoms with Gasteiger partial charge in [-0.2, -0.15) is 18.4 Å². The van der Waals surface area contributed by atoms with Crippen molar-refractivity contribution in [3.63, 3.8) is 0 Å². The number of hydrogen-bond acceptors (Lipinski definition) is 5. The molecule has 2 aromatic carbocycles. The molecule has 6 nitrogen and oxygen atoms in total. The van der Waals surface area contributed by atoms with Crippen LogP contribution in [0.3, 0.4) is 0 Å². The fraction of sp³-hybridized carbons (Fsp3) is 0.105. The zero-order chi connectivity index (χ0) is 21.6. The van der Waals surface area contributed by atoms with E-state index in [1.807, 2.05) is 0 Å². The number of benzene rings is 2. The van der Waals surface area contributed by atoms with Gasteiger partial charge in [0.25, 0.3) is 5.91 Å². The lowest BCUT2D eigenvalue weighted by atomic mass is 10.1. The van der Waals surface area contributed by atoms with Gasteiger partial charge >= 0.3 is 12.1 Å². The number of nitriles is 1. The number of para-hydroxylation sites is 1. The molecule has 10 heteroatoms. The molecule has 0 atom stereocenters. The Morgan fingerprint density at radius 3 is 2.52 bits per heavy atom. The molecule has 2 N–H and O–H groups in total. The molecule has 0 saturated heterocycles. The van der Waals surface area contributed by atoms with Crippen LogP contribution in [0.5, 0.6) is 0 Å². The minimum absolute atomic E-state index is 0.0303.